The molecular formula is C13H20N2O5S. The second-order valence-corrected chi connectivity index (χ2v) is 6.99. The van der Waals surface area contributed by atoms with Gasteiger partial charge in [0.25, 0.3) is 10.0 Å². The number of furan rings is 1. The number of hydrogen-bond donors (Lipinski definition) is 1. The maximum absolute atomic E-state index is 12.4. The Kier molecular flexibility index (Phi) is 4.70. The smallest absolute Gasteiger partial charge is 0.371 e. The molecule has 0 aromatic carbocycles. The molecule has 1 aromatic heterocycles. The van der Waals surface area contributed by atoms with Gasteiger partial charge in [0.1, 0.15) is 0 Å². The van der Waals surface area contributed by atoms with Gasteiger partial charge in [-0.15, -0.1) is 0 Å². The maximum atomic E-state index is 12.4. The van der Waals surface area contributed by atoms with Crippen LogP contribution in [0.15, 0.2) is 21.6 Å². The summed E-state index contributed by atoms with van der Waals surface area (Å²) in [4.78, 5) is 13.0. The van der Waals surface area contributed by atoms with Crippen molar-refractivity contribution in [1.82, 2.24) is 9.21 Å². The Labute approximate surface area is 124 Å². The average Bonchev–Trinajstić information content (AvgIpc) is 2.97. The highest BCUT2D eigenvalue weighted by Crippen LogP contribution is 2.21. The Morgan fingerprint density at radius 3 is 2.43 bits per heavy atom. The van der Waals surface area contributed by atoms with Gasteiger partial charge in [0, 0.05) is 32.2 Å². The van der Waals surface area contributed by atoms with Gasteiger partial charge in [0.2, 0.25) is 10.9 Å². The number of nitrogens with zero attached hydrogens (tertiary/aromatic N) is 2. The lowest BCUT2D eigenvalue weighted by Gasteiger charge is -2.36. The molecule has 1 unspecified atom stereocenters. The fourth-order valence-corrected chi connectivity index (χ4v) is 3.68. The highest BCUT2D eigenvalue weighted by Gasteiger charge is 2.32. The van der Waals surface area contributed by atoms with E-state index in [2.05, 4.69) is 18.7 Å². The van der Waals surface area contributed by atoms with Gasteiger partial charge >= 0.3 is 5.97 Å². The van der Waals surface area contributed by atoms with Crippen molar-refractivity contribution >= 4 is 16.0 Å². The minimum atomic E-state index is -3.75. The molecule has 1 aliphatic rings. The van der Waals surface area contributed by atoms with E-state index in [9.17, 15) is 13.2 Å². The third-order valence-electron chi connectivity index (χ3n) is 3.87. The minimum absolute atomic E-state index is 0.308. The third kappa shape index (κ3) is 3.28. The topological polar surface area (TPSA) is 91.1 Å². The van der Waals surface area contributed by atoms with E-state index in [1.54, 1.807) is 0 Å². The van der Waals surface area contributed by atoms with Crippen LogP contribution in [0.25, 0.3) is 0 Å². The van der Waals surface area contributed by atoms with Crippen LogP contribution >= 0.6 is 0 Å². The molecule has 1 aromatic rings. The molecule has 118 valence electrons. The monoisotopic (exact) mass is 316 g/mol. The molecule has 0 aliphatic carbocycles. The largest absolute Gasteiger partial charge is 0.475 e. The lowest BCUT2D eigenvalue weighted by atomic mass is 10.2. The summed E-state index contributed by atoms with van der Waals surface area (Å²) in [7, 11) is -3.75. The molecule has 0 bridgehead atoms. The Bertz CT molecular complexity index is 602. The zero-order valence-electron chi connectivity index (χ0n) is 12.2. The molecule has 0 spiro atoms. The van der Waals surface area contributed by atoms with Crippen molar-refractivity contribution in [2.24, 2.45) is 0 Å². The van der Waals surface area contributed by atoms with Crippen molar-refractivity contribution in [3.8, 4) is 0 Å². The first kappa shape index (κ1) is 16.0. The molecule has 1 fully saturated rings. The fourth-order valence-electron chi connectivity index (χ4n) is 2.34. The summed E-state index contributed by atoms with van der Waals surface area (Å²) in [6.45, 7) is 6.33. The van der Waals surface area contributed by atoms with Gasteiger partial charge in [-0.05, 0) is 25.5 Å². The van der Waals surface area contributed by atoms with Crippen molar-refractivity contribution in [3.05, 3.63) is 17.9 Å². The van der Waals surface area contributed by atoms with Crippen LogP contribution in [-0.4, -0.2) is 60.9 Å². The number of carboxylic acid groups (broad SMARTS) is 1. The van der Waals surface area contributed by atoms with Crippen molar-refractivity contribution < 1.29 is 22.7 Å². The third-order valence-corrected chi connectivity index (χ3v) is 5.65. The molecule has 0 saturated carbocycles. The van der Waals surface area contributed by atoms with Gasteiger partial charge in [0.05, 0.1) is 0 Å². The predicted octanol–water partition coefficient (Wildman–Crippen LogP) is 1.08. The van der Waals surface area contributed by atoms with Crippen molar-refractivity contribution in [1.29, 1.82) is 0 Å². The number of piperazine rings is 1. The summed E-state index contributed by atoms with van der Waals surface area (Å²) in [5, 5.41) is 8.48. The first-order valence-corrected chi connectivity index (χ1v) is 8.37. The number of rotatable bonds is 5. The van der Waals surface area contributed by atoms with E-state index in [0.29, 0.717) is 32.2 Å². The van der Waals surface area contributed by atoms with Crippen LogP contribution < -0.4 is 0 Å². The fraction of sp³-hybridized carbons (Fsp3) is 0.615. The quantitative estimate of drug-likeness (QED) is 0.874. The van der Waals surface area contributed by atoms with Gasteiger partial charge in [-0.3, -0.25) is 4.90 Å². The van der Waals surface area contributed by atoms with Crippen LogP contribution in [0.5, 0.6) is 0 Å². The first-order valence-electron chi connectivity index (χ1n) is 6.93. The van der Waals surface area contributed by atoms with E-state index < -0.39 is 16.0 Å². The summed E-state index contributed by atoms with van der Waals surface area (Å²) in [5.41, 5.74) is 0. The van der Waals surface area contributed by atoms with Gasteiger partial charge in [-0.25, -0.2) is 13.2 Å². The summed E-state index contributed by atoms with van der Waals surface area (Å²) < 4.78 is 31.0. The molecule has 2 heterocycles. The molecule has 1 saturated heterocycles. The second kappa shape index (κ2) is 6.17. The lowest BCUT2D eigenvalue weighted by Crippen LogP contribution is -2.51. The van der Waals surface area contributed by atoms with Crippen LogP contribution in [-0.2, 0) is 10.0 Å². The summed E-state index contributed by atoms with van der Waals surface area (Å²) in [6.07, 6.45) is 1.02. The van der Waals surface area contributed by atoms with Crippen molar-refractivity contribution in [2.45, 2.75) is 31.4 Å². The molecule has 7 nitrogen and oxygen atoms in total. The van der Waals surface area contributed by atoms with E-state index in [0.717, 1.165) is 12.5 Å². The van der Waals surface area contributed by atoms with Crippen molar-refractivity contribution in [2.75, 3.05) is 26.2 Å². The Morgan fingerprint density at radius 1 is 1.33 bits per heavy atom. The summed E-state index contributed by atoms with van der Waals surface area (Å²) in [5.74, 6) is -1.65. The van der Waals surface area contributed by atoms with Gasteiger partial charge in [0.15, 0.2) is 0 Å². The molecule has 0 amide bonds. The standard InChI is InChI=1S/C13H20N2O5S/c1-3-10(2)14-6-8-15(9-7-14)21(18,19)12-5-4-11(20-12)13(16)17/h4-5,10H,3,6-9H2,1-2H3,(H,16,17). The van der Waals surface area contributed by atoms with Crippen molar-refractivity contribution in [3.63, 3.8) is 0 Å². The predicted molar refractivity (Wildman–Crippen MR) is 75.8 cm³/mol. The zero-order chi connectivity index (χ0) is 15.6. The molecule has 1 N–H and O–H groups in total. The Balaban J connectivity index is 2.09. The molecular weight excluding hydrogens is 296 g/mol. The molecule has 8 heteroatoms. The highest BCUT2D eigenvalue weighted by molar-refractivity contribution is 7.89. The van der Waals surface area contributed by atoms with Gasteiger partial charge in [-0.1, -0.05) is 6.92 Å². The molecule has 1 aliphatic heterocycles. The van der Waals surface area contributed by atoms with Crippen LogP contribution in [0.4, 0.5) is 0 Å². The highest BCUT2D eigenvalue weighted by atomic mass is 32.2. The van der Waals surface area contributed by atoms with Gasteiger partial charge in [-0.2, -0.15) is 4.31 Å². The summed E-state index contributed by atoms with van der Waals surface area (Å²) >= 11 is 0. The van der Waals surface area contributed by atoms with E-state index in [1.165, 1.54) is 10.4 Å². The first-order chi connectivity index (χ1) is 9.86. The molecule has 0 radical (unpaired) electrons. The molecule has 21 heavy (non-hydrogen) atoms. The van der Waals surface area contributed by atoms with Gasteiger partial charge < -0.3 is 9.52 Å². The number of carbonyl (C=O) groups is 1. The number of carboxylic acids is 1. The SMILES string of the molecule is CCC(C)N1CCN(S(=O)(=O)c2ccc(C(=O)O)o2)CC1. The summed E-state index contributed by atoms with van der Waals surface area (Å²) in [6, 6.07) is 2.78. The van der Waals surface area contributed by atoms with E-state index in [-0.39, 0.29) is 10.9 Å². The normalized spacial score (nSPS) is 19.5. The van der Waals surface area contributed by atoms with E-state index >= 15 is 0 Å². The Hall–Kier alpha value is -1.38. The van der Waals surface area contributed by atoms with Crippen LogP contribution in [0.1, 0.15) is 30.8 Å². The van der Waals surface area contributed by atoms with Crippen LogP contribution in [0.3, 0.4) is 0 Å². The molecule has 2 rings (SSSR count). The Morgan fingerprint density at radius 2 is 1.95 bits per heavy atom. The zero-order valence-corrected chi connectivity index (χ0v) is 13.0. The molecule has 1 atom stereocenters. The lowest BCUT2D eigenvalue weighted by molar-refractivity contribution is 0.0656. The van der Waals surface area contributed by atoms with E-state index in [1.807, 2.05) is 0 Å². The number of sulfonamides is 1. The second-order valence-electron chi connectivity index (χ2n) is 5.12. The minimum Gasteiger partial charge on any atom is -0.475 e. The maximum Gasteiger partial charge on any atom is 0.371 e. The van der Waals surface area contributed by atoms with E-state index in [4.69, 9.17) is 9.52 Å². The van der Waals surface area contributed by atoms with Crippen LogP contribution in [0.2, 0.25) is 0 Å². The van der Waals surface area contributed by atoms with Crippen LogP contribution in [0, 0.1) is 0 Å². The number of aromatic carboxylic acids is 1. The average molecular weight is 316 g/mol. The number of hydrogen-bond acceptors (Lipinski definition) is 5.